The van der Waals surface area contributed by atoms with Gasteiger partial charge in [0.2, 0.25) is 5.88 Å². The van der Waals surface area contributed by atoms with E-state index in [1.165, 1.54) is 6.07 Å². The number of carbonyl (C=O) groups is 1. The third-order valence-corrected chi connectivity index (χ3v) is 2.92. The van der Waals surface area contributed by atoms with E-state index in [9.17, 15) is 13.6 Å². The molecule has 0 saturated heterocycles. The molecule has 0 unspecified atom stereocenters. The van der Waals surface area contributed by atoms with Crippen LogP contribution in [-0.4, -0.2) is 22.3 Å². The lowest BCUT2D eigenvalue weighted by molar-refractivity contribution is 0.102. The minimum atomic E-state index is -0.708. The SMILES string of the molecule is O=C(Nc1cc(F)ccc1F)c1cc2n(n1)CCCO2. The second kappa shape index (κ2) is 4.92. The molecule has 0 atom stereocenters. The van der Waals surface area contributed by atoms with E-state index in [2.05, 4.69) is 10.4 Å². The molecule has 104 valence electrons. The summed E-state index contributed by atoms with van der Waals surface area (Å²) in [5.41, 5.74) is -0.118. The number of ether oxygens (including phenoxy) is 1. The van der Waals surface area contributed by atoms with E-state index < -0.39 is 17.5 Å². The number of benzene rings is 1. The molecule has 1 aromatic carbocycles. The molecule has 0 fully saturated rings. The summed E-state index contributed by atoms with van der Waals surface area (Å²) < 4.78 is 33.4. The number of hydrogen-bond acceptors (Lipinski definition) is 3. The summed E-state index contributed by atoms with van der Waals surface area (Å²) in [5.74, 6) is -1.45. The number of hydrogen-bond donors (Lipinski definition) is 1. The summed E-state index contributed by atoms with van der Waals surface area (Å²) in [4.78, 5) is 12.0. The Morgan fingerprint density at radius 3 is 3.00 bits per heavy atom. The van der Waals surface area contributed by atoms with Gasteiger partial charge in [-0.15, -0.1) is 0 Å². The van der Waals surface area contributed by atoms with Crippen LogP contribution in [-0.2, 0) is 6.54 Å². The largest absolute Gasteiger partial charge is 0.478 e. The Labute approximate surface area is 113 Å². The molecule has 1 N–H and O–H groups in total. The predicted octanol–water partition coefficient (Wildman–Crippen LogP) is 2.20. The summed E-state index contributed by atoms with van der Waals surface area (Å²) in [6.07, 6.45) is 0.814. The fraction of sp³-hybridized carbons (Fsp3) is 0.231. The number of halogens is 2. The predicted molar refractivity (Wildman–Crippen MR) is 66.7 cm³/mol. The standard InChI is InChI=1S/C13H11F2N3O2/c14-8-2-3-9(15)10(6-8)16-13(19)11-7-12-18(17-11)4-1-5-20-12/h2-3,6-7H,1,4-5H2,(H,16,19). The topological polar surface area (TPSA) is 56.2 Å². The Hall–Kier alpha value is -2.44. The summed E-state index contributed by atoms with van der Waals surface area (Å²) >= 11 is 0. The molecule has 0 saturated carbocycles. The van der Waals surface area contributed by atoms with Gasteiger partial charge in [0, 0.05) is 25.1 Å². The highest BCUT2D eigenvalue weighted by molar-refractivity contribution is 6.03. The van der Waals surface area contributed by atoms with Gasteiger partial charge in [-0.3, -0.25) is 4.79 Å². The van der Waals surface area contributed by atoms with Crippen LogP contribution in [0.5, 0.6) is 5.88 Å². The number of fused-ring (bicyclic) bond motifs is 1. The second-order valence-corrected chi connectivity index (χ2v) is 4.37. The fourth-order valence-corrected chi connectivity index (χ4v) is 1.96. The van der Waals surface area contributed by atoms with Crippen LogP contribution in [0.3, 0.4) is 0 Å². The molecule has 2 heterocycles. The maximum absolute atomic E-state index is 13.4. The van der Waals surface area contributed by atoms with Gasteiger partial charge in [-0.2, -0.15) is 5.10 Å². The van der Waals surface area contributed by atoms with E-state index in [1.54, 1.807) is 4.68 Å². The summed E-state index contributed by atoms with van der Waals surface area (Å²) in [7, 11) is 0. The number of rotatable bonds is 2. The zero-order chi connectivity index (χ0) is 14.1. The quantitative estimate of drug-likeness (QED) is 0.916. The lowest BCUT2D eigenvalue weighted by Crippen LogP contribution is -2.16. The molecule has 0 aliphatic carbocycles. The van der Waals surface area contributed by atoms with Gasteiger partial charge in [-0.25, -0.2) is 13.5 Å². The van der Waals surface area contributed by atoms with E-state index in [-0.39, 0.29) is 11.4 Å². The van der Waals surface area contributed by atoms with Crippen LogP contribution in [0.25, 0.3) is 0 Å². The maximum Gasteiger partial charge on any atom is 0.276 e. The molecule has 2 aromatic rings. The third kappa shape index (κ3) is 2.34. The van der Waals surface area contributed by atoms with Crippen LogP contribution >= 0.6 is 0 Å². The number of amides is 1. The van der Waals surface area contributed by atoms with Gasteiger partial charge in [0.25, 0.3) is 5.91 Å². The average molecular weight is 279 g/mol. The van der Waals surface area contributed by atoms with Crippen molar-refractivity contribution in [3.05, 3.63) is 41.6 Å². The molecule has 0 radical (unpaired) electrons. The number of nitrogens with one attached hydrogen (secondary N) is 1. The van der Waals surface area contributed by atoms with Crippen molar-refractivity contribution in [2.45, 2.75) is 13.0 Å². The van der Waals surface area contributed by atoms with Gasteiger partial charge < -0.3 is 10.1 Å². The Kier molecular flexibility index (Phi) is 3.09. The van der Waals surface area contributed by atoms with Gasteiger partial charge in [0.05, 0.1) is 12.3 Å². The normalized spacial score (nSPS) is 13.5. The first kappa shape index (κ1) is 12.6. The Bertz CT molecular complexity index is 646. The second-order valence-electron chi connectivity index (χ2n) is 4.37. The van der Waals surface area contributed by atoms with Gasteiger partial charge in [-0.1, -0.05) is 0 Å². The molecule has 7 heteroatoms. The minimum Gasteiger partial charge on any atom is -0.478 e. The smallest absolute Gasteiger partial charge is 0.276 e. The van der Waals surface area contributed by atoms with Crippen LogP contribution in [0.4, 0.5) is 14.5 Å². The number of anilines is 1. The van der Waals surface area contributed by atoms with Crippen molar-refractivity contribution in [3.63, 3.8) is 0 Å². The molecule has 5 nitrogen and oxygen atoms in total. The molecule has 1 amide bonds. The monoisotopic (exact) mass is 279 g/mol. The molecule has 1 aliphatic rings. The summed E-state index contributed by atoms with van der Waals surface area (Å²) in [5, 5.41) is 6.35. The Morgan fingerprint density at radius 2 is 2.20 bits per heavy atom. The van der Waals surface area contributed by atoms with Crippen molar-refractivity contribution < 1.29 is 18.3 Å². The first-order valence-electron chi connectivity index (χ1n) is 6.10. The fourth-order valence-electron chi connectivity index (χ4n) is 1.96. The highest BCUT2D eigenvalue weighted by Gasteiger charge is 2.19. The van der Waals surface area contributed by atoms with Crippen LogP contribution in [0, 0.1) is 11.6 Å². The van der Waals surface area contributed by atoms with Crippen LogP contribution in [0.2, 0.25) is 0 Å². The van der Waals surface area contributed by atoms with Crippen LogP contribution in [0.1, 0.15) is 16.9 Å². The lowest BCUT2D eigenvalue weighted by atomic mass is 10.3. The van der Waals surface area contributed by atoms with Crippen molar-refractivity contribution in [2.24, 2.45) is 0 Å². The summed E-state index contributed by atoms with van der Waals surface area (Å²) in [6, 6.07) is 4.33. The van der Waals surface area contributed by atoms with E-state index in [0.29, 0.717) is 19.0 Å². The van der Waals surface area contributed by atoms with Crippen molar-refractivity contribution >= 4 is 11.6 Å². The number of aromatic nitrogens is 2. The van der Waals surface area contributed by atoms with Gasteiger partial charge in [-0.05, 0) is 12.1 Å². The van der Waals surface area contributed by atoms with Crippen molar-refractivity contribution in [1.82, 2.24) is 9.78 Å². The number of nitrogens with zero attached hydrogens (tertiary/aromatic N) is 2. The highest BCUT2D eigenvalue weighted by atomic mass is 19.1. The maximum atomic E-state index is 13.4. The van der Waals surface area contributed by atoms with E-state index in [0.717, 1.165) is 24.6 Å². The molecular weight excluding hydrogens is 268 g/mol. The van der Waals surface area contributed by atoms with Gasteiger partial charge >= 0.3 is 0 Å². The van der Waals surface area contributed by atoms with Crippen LogP contribution < -0.4 is 10.1 Å². The third-order valence-electron chi connectivity index (χ3n) is 2.92. The van der Waals surface area contributed by atoms with E-state index in [1.807, 2.05) is 0 Å². The van der Waals surface area contributed by atoms with Crippen molar-refractivity contribution in [2.75, 3.05) is 11.9 Å². The van der Waals surface area contributed by atoms with Crippen molar-refractivity contribution in [3.8, 4) is 5.88 Å². The zero-order valence-corrected chi connectivity index (χ0v) is 10.4. The first-order chi connectivity index (χ1) is 9.63. The number of carbonyl (C=O) groups excluding carboxylic acids is 1. The van der Waals surface area contributed by atoms with Gasteiger partial charge in [0.15, 0.2) is 5.69 Å². The molecule has 3 rings (SSSR count). The van der Waals surface area contributed by atoms with Crippen molar-refractivity contribution in [1.29, 1.82) is 0 Å². The van der Waals surface area contributed by atoms with Gasteiger partial charge in [0.1, 0.15) is 11.6 Å². The minimum absolute atomic E-state index is 0.102. The Balaban J connectivity index is 1.82. The van der Waals surface area contributed by atoms with Crippen LogP contribution in [0.15, 0.2) is 24.3 Å². The summed E-state index contributed by atoms with van der Waals surface area (Å²) in [6.45, 7) is 1.24. The molecule has 0 spiro atoms. The molecule has 20 heavy (non-hydrogen) atoms. The van der Waals surface area contributed by atoms with E-state index in [4.69, 9.17) is 4.74 Å². The highest BCUT2D eigenvalue weighted by Crippen LogP contribution is 2.20. The Morgan fingerprint density at radius 1 is 1.35 bits per heavy atom. The first-order valence-corrected chi connectivity index (χ1v) is 6.10. The lowest BCUT2D eigenvalue weighted by Gasteiger charge is -2.13. The molecule has 1 aliphatic heterocycles. The molecular formula is C13H11F2N3O2. The average Bonchev–Trinajstić information content (AvgIpc) is 2.87. The zero-order valence-electron chi connectivity index (χ0n) is 10.4. The number of aryl methyl sites for hydroxylation is 1. The molecule has 1 aromatic heterocycles. The van der Waals surface area contributed by atoms with E-state index >= 15 is 0 Å². The molecule has 0 bridgehead atoms.